The predicted molar refractivity (Wildman–Crippen MR) is 97.1 cm³/mol. The molecule has 26 heavy (non-hydrogen) atoms. The van der Waals surface area contributed by atoms with Crippen molar-refractivity contribution in [3.8, 4) is 22.9 Å². The molecule has 0 bridgehead atoms. The Balaban J connectivity index is 2.59. The Bertz CT molecular complexity index is 1160. The van der Waals surface area contributed by atoms with Gasteiger partial charge in [0.05, 0.1) is 40.9 Å². The minimum Gasteiger partial charge on any atom is -0.496 e. The summed E-state index contributed by atoms with van der Waals surface area (Å²) in [5.41, 5.74) is 8.26. The molecule has 2 heterocycles. The molecule has 3 N–H and O–H groups in total. The number of primary amides is 1. The summed E-state index contributed by atoms with van der Waals surface area (Å²) in [6, 6.07) is 6.81. The lowest BCUT2D eigenvalue weighted by atomic mass is 9.92. The van der Waals surface area contributed by atoms with Crippen molar-refractivity contribution in [3.05, 3.63) is 57.1 Å². The molecule has 3 rings (SSSR count). The van der Waals surface area contributed by atoms with E-state index in [9.17, 15) is 9.59 Å². The summed E-state index contributed by atoms with van der Waals surface area (Å²) in [6.45, 7) is 3.48. The Kier molecular flexibility index (Phi) is 4.18. The van der Waals surface area contributed by atoms with E-state index in [0.717, 1.165) is 5.56 Å². The Morgan fingerprint density at radius 3 is 2.69 bits per heavy atom. The van der Waals surface area contributed by atoms with Crippen LogP contribution in [-0.2, 0) is 0 Å². The monoisotopic (exact) mass is 348 g/mol. The molecule has 0 spiro atoms. The number of hydrogen-bond acceptors (Lipinski definition) is 5. The van der Waals surface area contributed by atoms with Gasteiger partial charge in [0.1, 0.15) is 5.75 Å². The lowest BCUT2D eigenvalue weighted by Crippen LogP contribution is -2.19. The van der Waals surface area contributed by atoms with Gasteiger partial charge in [-0.3, -0.25) is 14.6 Å². The summed E-state index contributed by atoms with van der Waals surface area (Å²) in [6.07, 6.45) is 1.57. The number of ether oxygens (including phenoxy) is 1. The van der Waals surface area contributed by atoms with Gasteiger partial charge in [-0.05, 0) is 37.6 Å². The minimum atomic E-state index is -0.695. The summed E-state index contributed by atoms with van der Waals surface area (Å²) in [7, 11) is 1.45. The molecule has 0 atom stereocenters. The third-order valence-electron chi connectivity index (χ3n) is 4.24. The summed E-state index contributed by atoms with van der Waals surface area (Å²) >= 11 is 0. The standard InChI is InChI=1S/C19H16N4O3/c1-9-8-22-19(25)16-15(14(18(21)24)10(2)23-17(9)16)12-5-4-11(7-20)6-13(12)26-3/h4-6,8H,1-3H3,(H2,21,24)(H,22,25). The lowest BCUT2D eigenvalue weighted by Gasteiger charge is -2.16. The van der Waals surface area contributed by atoms with Gasteiger partial charge in [0.15, 0.2) is 0 Å². The maximum Gasteiger partial charge on any atom is 0.258 e. The molecular weight excluding hydrogens is 332 g/mol. The largest absolute Gasteiger partial charge is 0.496 e. The zero-order valence-electron chi connectivity index (χ0n) is 14.5. The first-order valence-electron chi connectivity index (χ1n) is 7.80. The second kappa shape index (κ2) is 6.33. The summed E-state index contributed by atoms with van der Waals surface area (Å²) < 4.78 is 5.40. The molecule has 2 aromatic heterocycles. The van der Waals surface area contributed by atoms with Crippen molar-refractivity contribution in [1.29, 1.82) is 5.26 Å². The maximum absolute atomic E-state index is 12.6. The minimum absolute atomic E-state index is 0.150. The predicted octanol–water partition coefficient (Wildman–Crippen LogP) is 2.19. The number of benzene rings is 1. The Labute approximate surface area is 149 Å². The second-order valence-electron chi connectivity index (χ2n) is 5.86. The summed E-state index contributed by atoms with van der Waals surface area (Å²) in [5, 5.41) is 9.37. The van der Waals surface area contributed by atoms with Crippen molar-refractivity contribution < 1.29 is 9.53 Å². The van der Waals surface area contributed by atoms with Gasteiger partial charge >= 0.3 is 0 Å². The highest BCUT2D eigenvalue weighted by molar-refractivity contribution is 6.10. The van der Waals surface area contributed by atoms with Crippen LogP contribution < -0.4 is 16.0 Å². The van der Waals surface area contributed by atoms with E-state index in [1.807, 2.05) is 13.0 Å². The van der Waals surface area contributed by atoms with E-state index in [2.05, 4.69) is 9.97 Å². The molecule has 1 amide bonds. The van der Waals surface area contributed by atoms with Gasteiger partial charge in [0.25, 0.3) is 11.5 Å². The van der Waals surface area contributed by atoms with Crippen molar-refractivity contribution in [2.45, 2.75) is 13.8 Å². The number of rotatable bonds is 3. The van der Waals surface area contributed by atoms with Gasteiger partial charge in [-0.25, -0.2) is 0 Å². The highest BCUT2D eigenvalue weighted by Gasteiger charge is 2.23. The number of aromatic nitrogens is 2. The van der Waals surface area contributed by atoms with Crippen molar-refractivity contribution in [1.82, 2.24) is 9.97 Å². The number of amides is 1. The van der Waals surface area contributed by atoms with Crippen molar-refractivity contribution in [3.63, 3.8) is 0 Å². The van der Waals surface area contributed by atoms with Crippen molar-refractivity contribution >= 4 is 16.8 Å². The lowest BCUT2D eigenvalue weighted by molar-refractivity contribution is 0.1000. The number of hydrogen-bond donors (Lipinski definition) is 2. The van der Waals surface area contributed by atoms with E-state index < -0.39 is 5.91 Å². The molecule has 7 heteroatoms. The molecule has 7 nitrogen and oxygen atoms in total. The zero-order valence-corrected chi connectivity index (χ0v) is 14.5. The number of aromatic amines is 1. The Morgan fingerprint density at radius 1 is 1.35 bits per heavy atom. The van der Waals surface area contributed by atoms with Crippen LogP contribution >= 0.6 is 0 Å². The first-order valence-corrected chi connectivity index (χ1v) is 7.80. The first-order chi connectivity index (χ1) is 12.4. The van der Waals surface area contributed by atoms with Crippen molar-refractivity contribution in [2.75, 3.05) is 7.11 Å². The SMILES string of the molecule is COc1cc(C#N)ccc1-c1c(C(N)=O)c(C)nc2c(C)c[nH]c(=O)c12. The maximum atomic E-state index is 12.6. The fourth-order valence-electron chi connectivity index (χ4n) is 3.06. The van der Waals surface area contributed by atoms with E-state index in [-0.39, 0.29) is 16.5 Å². The number of nitriles is 1. The number of carbonyl (C=O) groups excluding carboxylic acids is 1. The molecule has 0 aliphatic carbocycles. The average Bonchev–Trinajstić information content (AvgIpc) is 2.63. The highest BCUT2D eigenvalue weighted by Crippen LogP contribution is 2.37. The van der Waals surface area contributed by atoms with Crippen LogP contribution in [0.3, 0.4) is 0 Å². The highest BCUT2D eigenvalue weighted by atomic mass is 16.5. The number of aryl methyl sites for hydroxylation is 2. The van der Waals surface area contributed by atoms with Gasteiger partial charge < -0.3 is 15.5 Å². The molecule has 0 aliphatic heterocycles. The number of carbonyl (C=O) groups is 1. The van der Waals surface area contributed by atoms with Crippen LogP contribution in [0.15, 0.2) is 29.2 Å². The molecule has 130 valence electrons. The van der Waals surface area contributed by atoms with E-state index in [1.165, 1.54) is 7.11 Å². The Hall–Kier alpha value is -3.66. The Morgan fingerprint density at radius 2 is 2.08 bits per heavy atom. The second-order valence-corrected chi connectivity index (χ2v) is 5.86. The molecular formula is C19H16N4O3. The van der Waals surface area contributed by atoms with Crippen LogP contribution in [0.1, 0.15) is 27.2 Å². The topological polar surface area (TPSA) is 122 Å². The van der Waals surface area contributed by atoms with Crippen LogP contribution in [0, 0.1) is 25.2 Å². The quantitative estimate of drug-likeness (QED) is 0.751. The van der Waals surface area contributed by atoms with E-state index >= 15 is 0 Å². The van der Waals surface area contributed by atoms with Gasteiger partial charge in [0.2, 0.25) is 0 Å². The fraction of sp³-hybridized carbons (Fsp3) is 0.158. The number of nitrogens with one attached hydrogen (secondary N) is 1. The van der Waals surface area contributed by atoms with E-state index in [4.69, 9.17) is 15.7 Å². The van der Waals surface area contributed by atoms with Gasteiger partial charge in [-0.1, -0.05) is 0 Å². The zero-order chi connectivity index (χ0) is 19.0. The third kappa shape index (κ3) is 2.58. The van der Waals surface area contributed by atoms with Crippen LogP contribution in [0.2, 0.25) is 0 Å². The van der Waals surface area contributed by atoms with Gasteiger partial charge in [-0.15, -0.1) is 0 Å². The fourth-order valence-corrected chi connectivity index (χ4v) is 3.06. The van der Waals surface area contributed by atoms with Gasteiger partial charge in [-0.2, -0.15) is 5.26 Å². The van der Waals surface area contributed by atoms with Gasteiger partial charge in [0, 0.05) is 17.3 Å². The van der Waals surface area contributed by atoms with Crippen LogP contribution in [-0.4, -0.2) is 23.0 Å². The molecule has 3 aromatic rings. The molecule has 0 saturated heterocycles. The van der Waals surface area contributed by atoms with Crippen LogP contribution in [0.5, 0.6) is 5.75 Å². The number of fused-ring (bicyclic) bond motifs is 1. The van der Waals surface area contributed by atoms with E-state index in [0.29, 0.717) is 33.7 Å². The average molecular weight is 348 g/mol. The normalized spacial score (nSPS) is 10.5. The van der Waals surface area contributed by atoms with Crippen LogP contribution in [0.25, 0.3) is 22.0 Å². The molecule has 0 radical (unpaired) electrons. The third-order valence-corrected chi connectivity index (χ3v) is 4.24. The first kappa shape index (κ1) is 17.2. The molecule has 0 aliphatic rings. The summed E-state index contributed by atoms with van der Waals surface area (Å²) in [5.74, 6) is -0.335. The summed E-state index contributed by atoms with van der Waals surface area (Å²) in [4.78, 5) is 31.8. The number of methoxy groups -OCH3 is 1. The number of pyridine rings is 2. The number of H-pyrrole nitrogens is 1. The van der Waals surface area contributed by atoms with Crippen molar-refractivity contribution in [2.24, 2.45) is 5.73 Å². The van der Waals surface area contributed by atoms with E-state index in [1.54, 1.807) is 31.3 Å². The number of nitrogens with zero attached hydrogens (tertiary/aromatic N) is 2. The van der Waals surface area contributed by atoms with Crippen LogP contribution in [0.4, 0.5) is 0 Å². The smallest absolute Gasteiger partial charge is 0.258 e. The molecule has 0 saturated carbocycles. The molecule has 1 aromatic carbocycles. The molecule has 0 unspecified atom stereocenters. The number of nitrogens with two attached hydrogens (primary N) is 1. The molecule has 0 fully saturated rings.